The highest BCUT2D eigenvalue weighted by Crippen LogP contribution is 2.60. The van der Waals surface area contributed by atoms with E-state index in [0.29, 0.717) is 24.3 Å². The summed E-state index contributed by atoms with van der Waals surface area (Å²) in [6, 6.07) is 8.08. The van der Waals surface area contributed by atoms with Gasteiger partial charge in [-0.1, -0.05) is 23.2 Å². The second-order valence-corrected chi connectivity index (χ2v) is 8.72. The van der Waals surface area contributed by atoms with Gasteiger partial charge in [0.2, 0.25) is 0 Å². The molecule has 0 radical (unpaired) electrons. The van der Waals surface area contributed by atoms with Crippen LogP contribution in [0.4, 0.5) is 14.9 Å². The van der Waals surface area contributed by atoms with E-state index in [1.54, 1.807) is 6.07 Å². The van der Waals surface area contributed by atoms with Crippen molar-refractivity contribution in [2.45, 2.75) is 36.6 Å². The Kier molecular flexibility index (Phi) is 5.44. The lowest BCUT2D eigenvalue weighted by Gasteiger charge is -2.70. The molecule has 3 saturated carbocycles. The molecule has 7 nitrogen and oxygen atoms in total. The standard InChI is InChI=1S/C20H20Cl2FN3O4/c21-11-1-4-15(16(27)5-11)24-18(29)26-20-8-19(9-20,10-20)25-17(28)7-30-12-2-3-13(22)14(23)6-12/h1-6,17,25,27-28H,7-10H2,(H2,24,26,29). The average molecular weight is 456 g/mol. The Morgan fingerprint density at radius 1 is 1.17 bits per heavy atom. The van der Waals surface area contributed by atoms with Gasteiger partial charge in [-0.25, -0.2) is 9.18 Å². The van der Waals surface area contributed by atoms with Crippen molar-refractivity contribution in [3.05, 3.63) is 52.3 Å². The van der Waals surface area contributed by atoms with Crippen LogP contribution in [-0.4, -0.2) is 40.2 Å². The smallest absolute Gasteiger partial charge is 0.319 e. The van der Waals surface area contributed by atoms with Gasteiger partial charge < -0.3 is 25.6 Å². The summed E-state index contributed by atoms with van der Waals surface area (Å²) in [6.45, 7) is -0.0560. The quantitative estimate of drug-likeness (QED) is 0.324. The Labute approximate surface area is 182 Å². The van der Waals surface area contributed by atoms with E-state index >= 15 is 0 Å². The normalized spacial score (nSPS) is 24.9. The number of phenols is 1. The molecular formula is C20H20Cl2FN3O4. The molecule has 5 N–H and O–H groups in total. The summed E-state index contributed by atoms with van der Waals surface area (Å²) in [7, 11) is 0. The summed E-state index contributed by atoms with van der Waals surface area (Å²) in [5.41, 5.74) is -0.328. The van der Waals surface area contributed by atoms with E-state index in [1.165, 1.54) is 24.3 Å². The zero-order valence-corrected chi connectivity index (χ0v) is 17.2. The van der Waals surface area contributed by atoms with Crippen LogP contribution in [0.2, 0.25) is 10.0 Å². The summed E-state index contributed by atoms with van der Waals surface area (Å²) in [5.74, 6) is -0.429. The molecule has 30 heavy (non-hydrogen) atoms. The lowest BCUT2D eigenvalue weighted by molar-refractivity contribution is -0.125. The van der Waals surface area contributed by atoms with Crippen LogP contribution in [0.3, 0.4) is 0 Å². The lowest BCUT2D eigenvalue weighted by atomic mass is 9.44. The largest absolute Gasteiger partial charge is 0.506 e. The molecule has 2 aromatic rings. The molecule has 0 saturated heterocycles. The number of nitrogens with one attached hydrogen (secondary N) is 3. The van der Waals surface area contributed by atoms with Crippen molar-refractivity contribution in [2.24, 2.45) is 0 Å². The molecule has 160 valence electrons. The molecule has 10 heteroatoms. The van der Waals surface area contributed by atoms with E-state index in [9.17, 15) is 19.4 Å². The third-order valence-electron chi connectivity index (χ3n) is 5.39. The first-order valence-electron chi connectivity index (χ1n) is 9.29. The Bertz CT molecular complexity index is 971. The number of carbonyl (C=O) groups is 1. The SMILES string of the molecule is O=C(Nc1ccc(Cl)cc1O)NC12CC(NC(O)COc3ccc(Cl)c(F)c3)(C1)C2. The van der Waals surface area contributed by atoms with Crippen LogP contribution in [0, 0.1) is 5.82 Å². The first-order chi connectivity index (χ1) is 14.2. The number of phenolic OH excluding ortho intramolecular Hbond substituents is 1. The molecule has 2 amide bonds. The van der Waals surface area contributed by atoms with Crippen LogP contribution >= 0.6 is 23.2 Å². The van der Waals surface area contributed by atoms with Crippen molar-refractivity contribution < 1.29 is 24.1 Å². The first-order valence-corrected chi connectivity index (χ1v) is 10.0. The van der Waals surface area contributed by atoms with E-state index in [1.807, 2.05) is 0 Å². The molecule has 3 aliphatic carbocycles. The number of aromatic hydroxyl groups is 1. The van der Waals surface area contributed by atoms with Crippen LogP contribution in [-0.2, 0) is 0 Å². The molecule has 0 heterocycles. The van der Waals surface area contributed by atoms with Gasteiger partial charge in [-0.2, -0.15) is 0 Å². The monoisotopic (exact) mass is 455 g/mol. The van der Waals surface area contributed by atoms with E-state index < -0.39 is 18.1 Å². The Balaban J connectivity index is 1.21. The van der Waals surface area contributed by atoms with Crippen molar-refractivity contribution in [1.82, 2.24) is 10.6 Å². The molecule has 2 aromatic carbocycles. The minimum absolute atomic E-state index is 0.00278. The summed E-state index contributed by atoms with van der Waals surface area (Å²) in [5, 5.41) is 29.0. The second-order valence-electron chi connectivity index (χ2n) is 7.88. The molecule has 0 spiro atoms. The first kappa shape index (κ1) is 21.0. The van der Waals surface area contributed by atoms with Crippen molar-refractivity contribution in [2.75, 3.05) is 11.9 Å². The zero-order valence-electron chi connectivity index (χ0n) is 15.7. The van der Waals surface area contributed by atoms with Gasteiger partial charge in [0.05, 0.1) is 10.7 Å². The highest BCUT2D eigenvalue weighted by Gasteiger charge is 2.69. The van der Waals surface area contributed by atoms with Crippen LogP contribution in [0.1, 0.15) is 19.3 Å². The predicted molar refractivity (Wildman–Crippen MR) is 111 cm³/mol. The number of hydrogen-bond acceptors (Lipinski definition) is 5. The summed E-state index contributed by atoms with van der Waals surface area (Å²) >= 11 is 11.4. The van der Waals surface area contributed by atoms with E-state index in [0.717, 1.165) is 6.07 Å². The number of halogens is 3. The fraction of sp³-hybridized carbons (Fsp3) is 0.350. The zero-order chi connectivity index (χ0) is 21.5. The van der Waals surface area contributed by atoms with Crippen molar-refractivity contribution in [3.63, 3.8) is 0 Å². The fourth-order valence-electron chi connectivity index (χ4n) is 4.22. The number of urea groups is 1. The number of ether oxygens (including phenoxy) is 1. The molecule has 0 aliphatic heterocycles. The molecule has 1 unspecified atom stereocenters. The number of hydrogen-bond donors (Lipinski definition) is 5. The van der Waals surface area contributed by atoms with E-state index in [2.05, 4.69) is 16.0 Å². The van der Waals surface area contributed by atoms with Gasteiger partial charge in [-0.05, 0) is 43.5 Å². The number of anilines is 1. The molecular weight excluding hydrogens is 436 g/mol. The van der Waals surface area contributed by atoms with Crippen LogP contribution in [0.5, 0.6) is 11.5 Å². The van der Waals surface area contributed by atoms with Crippen LogP contribution in [0.15, 0.2) is 36.4 Å². The van der Waals surface area contributed by atoms with Gasteiger partial charge in [0.25, 0.3) is 0 Å². The Hall–Kier alpha value is -2.26. The van der Waals surface area contributed by atoms with E-state index in [4.69, 9.17) is 27.9 Å². The lowest BCUT2D eigenvalue weighted by Crippen LogP contribution is -2.84. The van der Waals surface area contributed by atoms with Crippen molar-refractivity contribution in [3.8, 4) is 11.5 Å². The molecule has 3 fully saturated rings. The van der Waals surface area contributed by atoms with Crippen molar-refractivity contribution >= 4 is 34.9 Å². The fourth-order valence-corrected chi connectivity index (χ4v) is 4.50. The summed E-state index contributed by atoms with van der Waals surface area (Å²) < 4.78 is 18.8. The number of carbonyl (C=O) groups excluding carboxylic acids is 1. The predicted octanol–water partition coefficient (Wildman–Crippen LogP) is 3.62. The number of benzene rings is 2. The number of aliphatic hydroxyl groups is 1. The Morgan fingerprint density at radius 3 is 2.57 bits per heavy atom. The average Bonchev–Trinajstić information content (AvgIpc) is 2.62. The van der Waals surface area contributed by atoms with Gasteiger partial charge in [0.1, 0.15) is 30.2 Å². The van der Waals surface area contributed by atoms with Gasteiger partial charge >= 0.3 is 6.03 Å². The van der Waals surface area contributed by atoms with Crippen LogP contribution < -0.4 is 20.7 Å². The summed E-state index contributed by atoms with van der Waals surface area (Å²) in [6.07, 6.45) is 1.04. The van der Waals surface area contributed by atoms with E-state index in [-0.39, 0.29) is 39.9 Å². The van der Waals surface area contributed by atoms with Crippen LogP contribution in [0.25, 0.3) is 0 Å². The summed E-state index contributed by atoms with van der Waals surface area (Å²) in [4.78, 5) is 12.2. The minimum Gasteiger partial charge on any atom is -0.506 e. The number of amides is 2. The number of rotatable bonds is 7. The van der Waals surface area contributed by atoms with Gasteiger partial charge in [-0.3, -0.25) is 5.32 Å². The second kappa shape index (κ2) is 7.77. The minimum atomic E-state index is -0.943. The number of aliphatic hydroxyl groups excluding tert-OH is 1. The van der Waals surface area contributed by atoms with Gasteiger partial charge in [0, 0.05) is 28.2 Å². The molecule has 0 aromatic heterocycles. The molecule has 2 bridgehead atoms. The van der Waals surface area contributed by atoms with Crippen molar-refractivity contribution in [1.29, 1.82) is 0 Å². The van der Waals surface area contributed by atoms with Gasteiger partial charge in [-0.15, -0.1) is 0 Å². The third-order valence-corrected chi connectivity index (χ3v) is 5.93. The van der Waals surface area contributed by atoms with Gasteiger partial charge in [0.15, 0.2) is 0 Å². The highest BCUT2D eigenvalue weighted by atomic mass is 35.5. The highest BCUT2D eigenvalue weighted by molar-refractivity contribution is 6.31. The maximum Gasteiger partial charge on any atom is 0.319 e. The maximum atomic E-state index is 13.4. The Morgan fingerprint density at radius 2 is 1.90 bits per heavy atom. The molecule has 5 rings (SSSR count). The topological polar surface area (TPSA) is 103 Å². The third kappa shape index (κ3) is 4.27. The molecule has 3 aliphatic rings. The molecule has 1 atom stereocenters. The maximum absolute atomic E-state index is 13.4.